The van der Waals surface area contributed by atoms with Gasteiger partial charge in [0.1, 0.15) is 0 Å². The molecule has 23 heavy (non-hydrogen) atoms. The second kappa shape index (κ2) is 9.61. The van der Waals surface area contributed by atoms with E-state index in [1.54, 1.807) is 5.54 Å². The van der Waals surface area contributed by atoms with Crippen LogP contribution < -0.4 is 0 Å². The van der Waals surface area contributed by atoms with E-state index in [-0.39, 0.29) is 0 Å². The minimum atomic E-state index is -1.82. The van der Waals surface area contributed by atoms with Gasteiger partial charge in [0.2, 0.25) is 0 Å². The number of fused-ring (bicyclic) bond motifs is 1. The Balaban J connectivity index is 0.000000379. The summed E-state index contributed by atoms with van der Waals surface area (Å²) in [5.41, 5.74) is 2.92. The molecule has 2 rings (SSSR count). The predicted molar refractivity (Wildman–Crippen MR) is 90.5 cm³/mol. The van der Waals surface area contributed by atoms with E-state index in [0.29, 0.717) is 0 Å². The Morgan fingerprint density at radius 2 is 1.70 bits per heavy atom. The highest BCUT2D eigenvalue weighted by molar-refractivity contribution is 6.27. The third kappa shape index (κ3) is 6.50. The molecular weight excluding hydrogens is 318 g/mol. The van der Waals surface area contributed by atoms with Gasteiger partial charge in [0.05, 0.1) is 0 Å². The molecule has 0 atom stereocenters. The van der Waals surface area contributed by atoms with Crippen LogP contribution in [0.25, 0.3) is 10.8 Å². The average Bonchev–Trinajstić information content (AvgIpc) is 2.54. The zero-order valence-electron chi connectivity index (χ0n) is 12.6. The van der Waals surface area contributed by atoms with Crippen molar-refractivity contribution in [3.05, 3.63) is 59.6 Å². The fourth-order valence-electron chi connectivity index (χ4n) is 2.01. The van der Waals surface area contributed by atoms with Crippen molar-refractivity contribution in [3.63, 3.8) is 0 Å². The van der Waals surface area contributed by atoms with Crippen LogP contribution in [0.3, 0.4) is 0 Å². The fraction of sp³-hybridized carbons (Fsp3) is 0.176. The SMILES string of the molecule is CN(C/C=C/Cl)Cc1cccc2ccccc12.O=C(O)C(=O)O. The summed E-state index contributed by atoms with van der Waals surface area (Å²) in [6, 6.07) is 14.9. The highest BCUT2D eigenvalue weighted by Gasteiger charge is 2.04. The van der Waals surface area contributed by atoms with Gasteiger partial charge in [-0.3, -0.25) is 4.90 Å². The molecule has 0 amide bonds. The zero-order chi connectivity index (χ0) is 17.2. The maximum atomic E-state index is 9.10. The molecule has 0 saturated heterocycles. The van der Waals surface area contributed by atoms with E-state index < -0.39 is 11.9 Å². The van der Waals surface area contributed by atoms with Gasteiger partial charge in [0.15, 0.2) is 0 Å². The minimum absolute atomic E-state index is 0.868. The second-order valence-electron chi connectivity index (χ2n) is 4.81. The summed E-state index contributed by atoms with van der Waals surface area (Å²) >= 11 is 5.54. The van der Waals surface area contributed by atoms with Gasteiger partial charge in [-0.15, -0.1) is 0 Å². The van der Waals surface area contributed by atoms with E-state index in [1.165, 1.54) is 16.3 Å². The summed E-state index contributed by atoms with van der Waals surface area (Å²) in [5.74, 6) is -3.65. The van der Waals surface area contributed by atoms with E-state index >= 15 is 0 Å². The van der Waals surface area contributed by atoms with Crippen LogP contribution >= 0.6 is 11.6 Å². The van der Waals surface area contributed by atoms with Crippen molar-refractivity contribution in [2.75, 3.05) is 13.6 Å². The smallest absolute Gasteiger partial charge is 0.414 e. The molecule has 2 N–H and O–H groups in total. The Labute approximate surface area is 139 Å². The van der Waals surface area contributed by atoms with Gasteiger partial charge in [0, 0.05) is 18.6 Å². The molecule has 0 spiro atoms. The number of hydrogen-bond donors (Lipinski definition) is 2. The Morgan fingerprint density at radius 1 is 1.09 bits per heavy atom. The van der Waals surface area contributed by atoms with Crippen LogP contribution in [0.15, 0.2) is 54.1 Å². The molecular formula is C17H18ClNO4. The van der Waals surface area contributed by atoms with Gasteiger partial charge in [-0.05, 0) is 23.4 Å². The highest BCUT2D eigenvalue weighted by atomic mass is 35.5. The van der Waals surface area contributed by atoms with E-state index in [0.717, 1.165) is 13.1 Å². The first-order valence-electron chi connectivity index (χ1n) is 6.82. The molecule has 0 fully saturated rings. The molecule has 2 aromatic carbocycles. The third-order valence-electron chi connectivity index (χ3n) is 3.01. The number of carboxylic acid groups (broad SMARTS) is 2. The minimum Gasteiger partial charge on any atom is -0.473 e. The van der Waals surface area contributed by atoms with Crippen LogP contribution in [-0.4, -0.2) is 40.6 Å². The van der Waals surface area contributed by atoms with E-state index in [1.807, 2.05) is 6.08 Å². The van der Waals surface area contributed by atoms with Gasteiger partial charge in [-0.2, -0.15) is 0 Å². The van der Waals surface area contributed by atoms with E-state index in [9.17, 15) is 0 Å². The normalized spacial score (nSPS) is 10.6. The summed E-state index contributed by atoms with van der Waals surface area (Å²) in [5, 5.41) is 17.4. The van der Waals surface area contributed by atoms with E-state index in [4.69, 9.17) is 31.4 Å². The van der Waals surface area contributed by atoms with Crippen LogP contribution in [0.4, 0.5) is 0 Å². The van der Waals surface area contributed by atoms with Gasteiger partial charge >= 0.3 is 11.9 Å². The molecule has 0 unspecified atom stereocenters. The van der Waals surface area contributed by atoms with Crippen LogP contribution in [0.1, 0.15) is 5.56 Å². The van der Waals surface area contributed by atoms with E-state index in [2.05, 4.69) is 54.4 Å². The summed E-state index contributed by atoms with van der Waals surface area (Å²) in [6.07, 6.45) is 1.95. The predicted octanol–water partition coefficient (Wildman–Crippen LogP) is 3.18. The van der Waals surface area contributed by atoms with Gasteiger partial charge < -0.3 is 10.2 Å². The first-order chi connectivity index (χ1) is 11.0. The zero-order valence-corrected chi connectivity index (χ0v) is 13.4. The monoisotopic (exact) mass is 335 g/mol. The first-order valence-corrected chi connectivity index (χ1v) is 7.26. The van der Waals surface area contributed by atoms with Gasteiger partial charge in [0.25, 0.3) is 0 Å². The number of benzene rings is 2. The molecule has 0 heterocycles. The van der Waals surface area contributed by atoms with Crippen molar-refractivity contribution >= 4 is 34.3 Å². The van der Waals surface area contributed by atoms with Crippen molar-refractivity contribution in [2.24, 2.45) is 0 Å². The molecule has 122 valence electrons. The quantitative estimate of drug-likeness (QED) is 0.839. The van der Waals surface area contributed by atoms with Gasteiger partial charge in [-0.25, -0.2) is 9.59 Å². The molecule has 6 heteroatoms. The lowest BCUT2D eigenvalue weighted by Crippen LogP contribution is -2.17. The number of carboxylic acids is 2. The molecule has 0 radical (unpaired) electrons. The maximum absolute atomic E-state index is 9.10. The van der Waals surface area contributed by atoms with Crippen molar-refractivity contribution < 1.29 is 19.8 Å². The average molecular weight is 336 g/mol. The Bertz CT molecular complexity index is 683. The van der Waals surface area contributed by atoms with Crippen molar-refractivity contribution in [1.29, 1.82) is 0 Å². The number of aliphatic carboxylic acids is 2. The number of rotatable bonds is 4. The maximum Gasteiger partial charge on any atom is 0.414 e. The number of likely N-dealkylation sites (N-methyl/N-ethyl adjacent to an activating group) is 1. The lowest BCUT2D eigenvalue weighted by atomic mass is 10.0. The van der Waals surface area contributed by atoms with Crippen LogP contribution in [0, 0.1) is 0 Å². The molecule has 0 aliphatic rings. The molecule has 0 aliphatic carbocycles. The molecule has 0 aliphatic heterocycles. The third-order valence-corrected chi connectivity index (χ3v) is 3.19. The van der Waals surface area contributed by atoms with Gasteiger partial charge in [-0.1, -0.05) is 60.1 Å². The fourth-order valence-corrected chi connectivity index (χ4v) is 2.09. The molecule has 5 nitrogen and oxygen atoms in total. The van der Waals surface area contributed by atoms with Crippen molar-refractivity contribution in [2.45, 2.75) is 6.54 Å². The van der Waals surface area contributed by atoms with Crippen molar-refractivity contribution in [1.82, 2.24) is 4.90 Å². The summed E-state index contributed by atoms with van der Waals surface area (Å²) in [7, 11) is 2.10. The largest absolute Gasteiger partial charge is 0.473 e. The highest BCUT2D eigenvalue weighted by Crippen LogP contribution is 2.19. The Kier molecular flexibility index (Phi) is 7.80. The number of nitrogens with zero attached hydrogens (tertiary/aromatic N) is 1. The standard InChI is InChI=1S/C15H16ClN.C2H2O4/c1-17(11-5-10-16)12-14-8-4-7-13-6-2-3-9-15(13)14;3-1(4)2(5)6/h2-10H,11-12H2,1H3;(H,3,4)(H,5,6)/b10-5+;. The first kappa shape index (κ1) is 18.7. The molecule has 0 saturated carbocycles. The Morgan fingerprint density at radius 3 is 2.30 bits per heavy atom. The number of halogens is 1. The summed E-state index contributed by atoms with van der Waals surface area (Å²) < 4.78 is 0. The van der Waals surface area contributed by atoms with Crippen LogP contribution in [0.2, 0.25) is 0 Å². The topological polar surface area (TPSA) is 77.8 Å². The van der Waals surface area contributed by atoms with Crippen molar-refractivity contribution in [3.8, 4) is 0 Å². The molecule has 0 bridgehead atoms. The van der Waals surface area contributed by atoms with Crippen LogP contribution in [0.5, 0.6) is 0 Å². The lowest BCUT2D eigenvalue weighted by molar-refractivity contribution is -0.159. The second-order valence-corrected chi connectivity index (χ2v) is 5.06. The lowest BCUT2D eigenvalue weighted by Gasteiger charge is -2.15. The number of hydrogen-bond acceptors (Lipinski definition) is 3. The molecule has 0 aromatic heterocycles. The Hall–Kier alpha value is -2.37. The van der Waals surface area contributed by atoms with Crippen LogP contribution in [-0.2, 0) is 16.1 Å². The summed E-state index contributed by atoms with van der Waals surface area (Å²) in [4.78, 5) is 20.4. The molecule has 2 aromatic rings. The number of carbonyl (C=O) groups is 2. The summed E-state index contributed by atoms with van der Waals surface area (Å²) in [6.45, 7) is 1.80.